The smallest absolute Gasteiger partial charge is 0.238 e. The molecule has 0 radical (unpaired) electrons. The Bertz CT molecular complexity index is 678. The molecule has 0 saturated heterocycles. The van der Waals surface area contributed by atoms with E-state index < -0.39 is 10.0 Å². The molecule has 86 valence electrons. The highest BCUT2D eigenvalue weighted by molar-refractivity contribution is 7.89. The molecule has 0 unspecified atom stereocenters. The summed E-state index contributed by atoms with van der Waals surface area (Å²) in [5.74, 6) is 0.707. The average molecular weight is 248 g/mol. The second kappa shape index (κ2) is 4.05. The van der Waals surface area contributed by atoms with Gasteiger partial charge in [0.1, 0.15) is 11.8 Å². The van der Waals surface area contributed by atoms with E-state index in [-0.39, 0.29) is 10.7 Å². The van der Waals surface area contributed by atoms with Crippen molar-refractivity contribution in [1.29, 1.82) is 5.26 Å². The maximum atomic E-state index is 11.0. The summed E-state index contributed by atoms with van der Waals surface area (Å²) in [6.45, 7) is 0. The fourth-order valence-electron chi connectivity index (χ4n) is 1.36. The first-order valence-electron chi connectivity index (χ1n) is 4.64. The molecule has 0 aliphatic rings. The number of hydrogen-bond donors (Lipinski definition) is 1. The first kappa shape index (κ1) is 11.4. The number of nitrogens with zero attached hydrogens (tertiary/aromatic N) is 1. The Morgan fingerprint density at radius 3 is 2.24 bits per heavy atom. The third-order valence-corrected chi connectivity index (χ3v) is 3.11. The normalized spacial score (nSPS) is 11.1. The molecule has 0 fully saturated rings. The van der Waals surface area contributed by atoms with Crippen LogP contribution in [0, 0.1) is 11.3 Å². The predicted molar refractivity (Wildman–Crippen MR) is 60.2 cm³/mol. The minimum atomic E-state index is -3.68. The van der Waals surface area contributed by atoms with Crippen LogP contribution in [0.5, 0.6) is 0 Å². The first-order valence-corrected chi connectivity index (χ1v) is 6.18. The highest BCUT2D eigenvalue weighted by Crippen LogP contribution is 2.22. The maximum absolute atomic E-state index is 11.0. The van der Waals surface area contributed by atoms with E-state index in [1.165, 1.54) is 12.1 Å². The van der Waals surface area contributed by atoms with Crippen LogP contribution in [0.4, 0.5) is 0 Å². The number of hydrogen-bond acceptors (Lipinski definition) is 4. The lowest BCUT2D eigenvalue weighted by Gasteiger charge is -1.99. The minimum Gasteiger partial charge on any atom is -0.446 e. The number of benzene rings is 1. The van der Waals surface area contributed by atoms with E-state index in [2.05, 4.69) is 0 Å². The molecular weight excluding hydrogens is 240 g/mol. The van der Waals surface area contributed by atoms with Crippen LogP contribution in [0.15, 0.2) is 45.7 Å². The van der Waals surface area contributed by atoms with Gasteiger partial charge < -0.3 is 4.42 Å². The third-order valence-electron chi connectivity index (χ3n) is 2.18. The number of furan rings is 1. The van der Waals surface area contributed by atoms with E-state index in [0.717, 1.165) is 0 Å². The highest BCUT2D eigenvalue weighted by Gasteiger charge is 2.09. The first-order chi connectivity index (χ1) is 8.00. The van der Waals surface area contributed by atoms with Crippen molar-refractivity contribution >= 4 is 10.0 Å². The van der Waals surface area contributed by atoms with Crippen LogP contribution in [0.3, 0.4) is 0 Å². The average Bonchev–Trinajstić information content (AvgIpc) is 2.76. The van der Waals surface area contributed by atoms with Crippen molar-refractivity contribution in [2.75, 3.05) is 0 Å². The molecule has 1 aromatic carbocycles. The van der Waals surface area contributed by atoms with E-state index in [9.17, 15) is 8.42 Å². The van der Waals surface area contributed by atoms with Crippen molar-refractivity contribution in [2.45, 2.75) is 4.90 Å². The zero-order chi connectivity index (χ0) is 12.5. The quantitative estimate of drug-likeness (QED) is 0.870. The highest BCUT2D eigenvalue weighted by atomic mass is 32.2. The van der Waals surface area contributed by atoms with Gasteiger partial charge in [-0.15, -0.1) is 0 Å². The summed E-state index contributed by atoms with van der Waals surface area (Å²) in [5.41, 5.74) is 0.680. The molecule has 2 rings (SSSR count). The summed E-state index contributed by atoms with van der Waals surface area (Å²) < 4.78 is 27.3. The van der Waals surface area contributed by atoms with Gasteiger partial charge in [0.25, 0.3) is 0 Å². The van der Waals surface area contributed by atoms with Gasteiger partial charge in [-0.25, -0.2) is 13.6 Å². The van der Waals surface area contributed by atoms with Gasteiger partial charge >= 0.3 is 0 Å². The van der Waals surface area contributed by atoms with Gasteiger partial charge in [-0.3, -0.25) is 0 Å². The maximum Gasteiger partial charge on any atom is 0.238 e. The van der Waals surface area contributed by atoms with Crippen molar-refractivity contribution in [3.05, 3.63) is 42.2 Å². The van der Waals surface area contributed by atoms with E-state index in [1.807, 2.05) is 6.07 Å². The summed E-state index contributed by atoms with van der Waals surface area (Å²) in [6.07, 6.45) is 0. The van der Waals surface area contributed by atoms with Crippen molar-refractivity contribution in [2.24, 2.45) is 5.14 Å². The molecule has 1 heterocycles. The summed E-state index contributed by atoms with van der Waals surface area (Å²) in [5, 5.41) is 13.6. The molecule has 0 amide bonds. The van der Waals surface area contributed by atoms with Crippen LogP contribution in [-0.4, -0.2) is 8.42 Å². The topological polar surface area (TPSA) is 97.1 Å². The molecule has 0 bridgehead atoms. The number of rotatable bonds is 2. The van der Waals surface area contributed by atoms with Crippen molar-refractivity contribution < 1.29 is 12.8 Å². The zero-order valence-electron chi connectivity index (χ0n) is 8.62. The summed E-state index contributed by atoms with van der Waals surface area (Å²) in [6, 6.07) is 11.0. The van der Waals surface area contributed by atoms with E-state index in [0.29, 0.717) is 11.3 Å². The molecular formula is C11H8N2O3S. The van der Waals surface area contributed by atoms with Gasteiger partial charge in [0.15, 0.2) is 0 Å². The molecule has 0 atom stereocenters. The Hall–Kier alpha value is -2.10. The Kier molecular flexibility index (Phi) is 2.71. The van der Waals surface area contributed by atoms with Gasteiger partial charge in [-0.1, -0.05) is 0 Å². The van der Waals surface area contributed by atoms with E-state index in [1.54, 1.807) is 24.3 Å². The fraction of sp³-hybridized carbons (Fsp3) is 0. The SMILES string of the molecule is N#Cc1ccc(-c2ccc(S(N)(=O)=O)cc2)o1. The monoisotopic (exact) mass is 248 g/mol. The zero-order valence-corrected chi connectivity index (χ0v) is 9.44. The summed E-state index contributed by atoms with van der Waals surface area (Å²) >= 11 is 0. The lowest BCUT2D eigenvalue weighted by atomic mass is 10.2. The van der Waals surface area contributed by atoms with Gasteiger partial charge in [0.05, 0.1) is 4.90 Å². The Labute approximate surface area is 98.1 Å². The molecule has 5 nitrogen and oxygen atoms in total. The molecule has 0 saturated carbocycles. The minimum absolute atomic E-state index is 0.0355. The van der Waals surface area contributed by atoms with Crippen LogP contribution in [0.1, 0.15) is 5.76 Å². The molecule has 2 aromatic rings. The van der Waals surface area contributed by atoms with E-state index >= 15 is 0 Å². The van der Waals surface area contributed by atoms with Crippen molar-refractivity contribution in [1.82, 2.24) is 0 Å². The van der Waals surface area contributed by atoms with Crippen LogP contribution < -0.4 is 5.14 Å². The second-order valence-corrected chi connectivity index (χ2v) is 4.91. The van der Waals surface area contributed by atoms with Gasteiger partial charge in [0, 0.05) is 5.56 Å². The molecule has 2 N–H and O–H groups in total. The van der Waals surface area contributed by atoms with Gasteiger partial charge in [0.2, 0.25) is 15.8 Å². The lowest BCUT2D eigenvalue weighted by molar-refractivity contribution is 0.567. The van der Waals surface area contributed by atoms with Crippen molar-refractivity contribution in [3.63, 3.8) is 0 Å². The summed E-state index contributed by atoms with van der Waals surface area (Å²) in [4.78, 5) is 0.0355. The second-order valence-electron chi connectivity index (χ2n) is 3.35. The number of sulfonamides is 1. The largest absolute Gasteiger partial charge is 0.446 e. The Balaban J connectivity index is 2.40. The molecule has 6 heteroatoms. The molecule has 0 aliphatic heterocycles. The van der Waals surface area contributed by atoms with E-state index in [4.69, 9.17) is 14.8 Å². The molecule has 0 spiro atoms. The number of nitriles is 1. The molecule has 1 aromatic heterocycles. The van der Waals surface area contributed by atoms with Crippen LogP contribution in [0.25, 0.3) is 11.3 Å². The third kappa shape index (κ3) is 2.36. The van der Waals surface area contributed by atoms with Gasteiger partial charge in [-0.2, -0.15) is 5.26 Å². The van der Waals surface area contributed by atoms with Crippen LogP contribution in [0.2, 0.25) is 0 Å². The van der Waals surface area contributed by atoms with Crippen LogP contribution >= 0.6 is 0 Å². The van der Waals surface area contributed by atoms with Gasteiger partial charge in [-0.05, 0) is 36.4 Å². The number of nitrogens with two attached hydrogens (primary N) is 1. The Morgan fingerprint density at radius 1 is 1.12 bits per heavy atom. The standard InChI is InChI=1S/C11H8N2O3S/c12-7-9-3-6-11(16-9)8-1-4-10(5-2-8)17(13,14)15/h1-6H,(H2,13,14,15). The summed E-state index contributed by atoms with van der Waals surface area (Å²) in [7, 11) is -3.68. The molecule has 0 aliphatic carbocycles. The lowest BCUT2D eigenvalue weighted by Crippen LogP contribution is -2.11. The fourth-order valence-corrected chi connectivity index (χ4v) is 1.88. The number of primary sulfonamides is 1. The Morgan fingerprint density at radius 2 is 1.76 bits per heavy atom. The molecule has 17 heavy (non-hydrogen) atoms. The van der Waals surface area contributed by atoms with Crippen molar-refractivity contribution in [3.8, 4) is 17.4 Å². The van der Waals surface area contributed by atoms with Crippen LogP contribution in [-0.2, 0) is 10.0 Å². The predicted octanol–water partition coefficient (Wildman–Crippen LogP) is 1.47.